The van der Waals surface area contributed by atoms with Crippen LogP contribution in [0.5, 0.6) is 5.75 Å². The Morgan fingerprint density at radius 3 is 2.95 bits per heavy atom. The number of hydrogen-bond acceptors (Lipinski definition) is 3. The Hall–Kier alpha value is -1.81. The molecule has 0 saturated carbocycles. The molecule has 0 bridgehead atoms. The number of hydrogen-bond donors (Lipinski definition) is 1. The normalized spacial score (nSPS) is 10.8. The van der Waals surface area contributed by atoms with Crippen LogP contribution in [-0.2, 0) is 13.1 Å². The molecule has 0 saturated heterocycles. The predicted molar refractivity (Wildman–Crippen MR) is 81.1 cm³/mol. The highest BCUT2D eigenvalue weighted by atomic mass is 16.5. The van der Waals surface area contributed by atoms with E-state index < -0.39 is 0 Å². The van der Waals surface area contributed by atoms with Gasteiger partial charge in [-0.3, -0.25) is 0 Å². The zero-order chi connectivity index (χ0) is 14.4. The smallest absolute Gasteiger partial charge is 0.123 e. The van der Waals surface area contributed by atoms with Crippen LogP contribution in [0.3, 0.4) is 0 Å². The Morgan fingerprint density at radius 1 is 1.35 bits per heavy atom. The van der Waals surface area contributed by atoms with Crippen LogP contribution in [0.2, 0.25) is 0 Å². The number of aromatic nitrogens is 2. The third-order valence-corrected chi connectivity index (χ3v) is 3.21. The third kappa shape index (κ3) is 3.84. The third-order valence-electron chi connectivity index (χ3n) is 3.21. The largest absolute Gasteiger partial charge is 0.496 e. The van der Waals surface area contributed by atoms with Crippen LogP contribution in [0.15, 0.2) is 30.7 Å². The molecule has 0 aliphatic carbocycles. The molecule has 0 radical (unpaired) electrons. The van der Waals surface area contributed by atoms with Crippen LogP contribution in [-0.4, -0.2) is 23.2 Å². The van der Waals surface area contributed by atoms with Gasteiger partial charge in [0.2, 0.25) is 0 Å². The first-order valence-electron chi connectivity index (χ1n) is 7.07. The first kappa shape index (κ1) is 14.6. The van der Waals surface area contributed by atoms with Crippen LogP contribution in [0.1, 0.15) is 30.2 Å². The van der Waals surface area contributed by atoms with Crippen molar-refractivity contribution in [2.24, 2.45) is 0 Å². The van der Waals surface area contributed by atoms with Crippen LogP contribution in [0.25, 0.3) is 0 Å². The van der Waals surface area contributed by atoms with Gasteiger partial charge in [0.05, 0.1) is 25.7 Å². The second kappa shape index (κ2) is 7.10. The molecule has 20 heavy (non-hydrogen) atoms. The number of nitrogens with zero attached hydrogens (tertiary/aromatic N) is 2. The lowest BCUT2D eigenvalue weighted by atomic mass is 10.1. The zero-order valence-corrected chi connectivity index (χ0v) is 12.5. The topological polar surface area (TPSA) is 39.1 Å². The summed E-state index contributed by atoms with van der Waals surface area (Å²) in [6.07, 6.45) is 5.11. The van der Waals surface area contributed by atoms with Gasteiger partial charge in [0.15, 0.2) is 0 Å². The quantitative estimate of drug-likeness (QED) is 0.788. The van der Waals surface area contributed by atoms with E-state index in [0.717, 1.165) is 37.5 Å². The minimum absolute atomic E-state index is 0.783. The molecule has 0 atom stereocenters. The van der Waals surface area contributed by atoms with Gasteiger partial charge < -0.3 is 14.6 Å². The van der Waals surface area contributed by atoms with Crippen LogP contribution in [0, 0.1) is 6.92 Å². The second-order valence-corrected chi connectivity index (χ2v) is 5.03. The molecule has 0 spiro atoms. The summed E-state index contributed by atoms with van der Waals surface area (Å²) < 4.78 is 7.51. The average Bonchev–Trinajstić information content (AvgIpc) is 2.87. The van der Waals surface area contributed by atoms with Gasteiger partial charge >= 0.3 is 0 Å². The maximum absolute atomic E-state index is 5.41. The SMILES string of the molecule is CCCNCc1cn(Cc2cc(C)ccc2OC)cn1. The summed E-state index contributed by atoms with van der Waals surface area (Å²) in [5.74, 6) is 0.926. The van der Waals surface area contributed by atoms with Gasteiger partial charge in [0.25, 0.3) is 0 Å². The Bertz CT molecular complexity index is 548. The molecule has 2 rings (SSSR count). The van der Waals surface area contributed by atoms with Gasteiger partial charge in [-0.05, 0) is 26.0 Å². The Kier molecular flexibility index (Phi) is 5.18. The Morgan fingerprint density at radius 2 is 2.20 bits per heavy atom. The number of imidazole rings is 1. The fourth-order valence-corrected chi connectivity index (χ4v) is 2.21. The van der Waals surface area contributed by atoms with Crippen molar-refractivity contribution in [1.82, 2.24) is 14.9 Å². The molecule has 4 nitrogen and oxygen atoms in total. The van der Waals surface area contributed by atoms with Gasteiger partial charge in [-0.15, -0.1) is 0 Å². The van der Waals surface area contributed by atoms with Crippen LogP contribution < -0.4 is 10.1 Å². The molecule has 1 aromatic heterocycles. The standard InChI is InChI=1S/C16H23N3O/c1-4-7-17-9-15-11-19(12-18-15)10-14-8-13(2)5-6-16(14)20-3/h5-6,8,11-12,17H,4,7,9-10H2,1-3H3. The molecule has 0 amide bonds. The van der Waals surface area contributed by atoms with Crippen molar-refractivity contribution in [2.45, 2.75) is 33.4 Å². The number of ether oxygens (including phenoxy) is 1. The summed E-state index contributed by atoms with van der Waals surface area (Å²) in [4.78, 5) is 4.42. The summed E-state index contributed by atoms with van der Waals surface area (Å²) >= 11 is 0. The summed E-state index contributed by atoms with van der Waals surface area (Å²) in [5, 5.41) is 3.36. The van der Waals surface area contributed by atoms with Crippen molar-refractivity contribution in [3.8, 4) is 5.75 Å². The molecule has 4 heteroatoms. The van der Waals surface area contributed by atoms with Gasteiger partial charge in [-0.2, -0.15) is 0 Å². The lowest BCUT2D eigenvalue weighted by Gasteiger charge is -2.09. The molecule has 1 aromatic carbocycles. The van der Waals surface area contributed by atoms with Crippen molar-refractivity contribution in [3.63, 3.8) is 0 Å². The van der Waals surface area contributed by atoms with E-state index in [1.54, 1.807) is 7.11 Å². The van der Waals surface area contributed by atoms with Crippen molar-refractivity contribution in [1.29, 1.82) is 0 Å². The van der Waals surface area contributed by atoms with Crippen LogP contribution in [0.4, 0.5) is 0 Å². The lowest BCUT2D eigenvalue weighted by molar-refractivity contribution is 0.408. The van der Waals surface area contributed by atoms with Gasteiger partial charge in [-0.25, -0.2) is 4.98 Å². The molecule has 1 heterocycles. The molecule has 1 N–H and O–H groups in total. The van der Waals surface area contributed by atoms with Gasteiger partial charge in [-0.1, -0.05) is 24.6 Å². The number of benzene rings is 1. The fraction of sp³-hybridized carbons (Fsp3) is 0.438. The van der Waals surface area contributed by atoms with Crippen LogP contribution >= 0.6 is 0 Å². The number of methoxy groups -OCH3 is 1. The molecule has 0 unspecified atom stereocenters. The minimum Gasteiger partial charge on any atom is -0.496 e. The predicted octanol–water partition coefficient (Wildman–Crippen LogP) is 2.75. The highest BCUT2D eigenvalue weighted by Gasteiger charge is 2.05. The molecular formula is C16H23N3O. The first-order chi connectivity index (χ1) is 9.72. The Labute approximate surface area is 120 Å². The van der Waals surface area contributed by atoms with E-state index in [4.69, 9.17) is 4.74 Å². The van der Waals surface area contributed by atoms with E-state index in [1.807, 2.05) is 12.4 Å². The van der Waals surface area contributed by atoms with Gasteiger partial charge in [0, 0.05) is 18.3 Å². The number of rotatable bonds is 7. The summed E-state index contributed by atoms with van der Waals surface area (Å²) in [6, 6.07) is 6.25. The molecule has 0 aliphatic rings. The minimum atomic E-state index is 0.783. The molecule has 108 valence electrons. The fourth-order valence-electron chi connectivity index (χ4n) is 2.21. The lowest BCUT2D eigenvalue weighted by Crippen LogP contribution is -2.13. The summed E-state index contributed by atoms with van der Waals surface area (Å²) in [7, 11) is 1.71. The van der Waals surface area contributed by atoms with E-state index in [2.05, 4.69) is 47.0 Å². The van der Waals surface area contributed by atoms with E-state index in [9.17, 15) is 0 Å². The highest BCUT2D eigenvalue weighted by molar-refractivity contribution is 5.37. The monoisotopic (exact) mass is 273 g/mol. The van der Waals surface area contributed by atoms with Crippen molar-refractivity contribution >= 4 is 0 Å². The van der Waals surface area contributed by atoms with E-state index in [0.29, 0.717) is 0 Å². The number of aryl methyl sites for hydroxylation is 1. The summed E-state index contributed by atoms with van der Waals surface area (Å²) in [6.45, 7) is 6.89. The van der Waals surface area contributed by atoms with Crippen molar-refractivity contribution < 1.29 is 4.74 Å². The van der Waals surface area contributed by atoms with Crippen molar-refractivity contribution in [3.05, 3.63) is 47.5 Å². The number of nitrogens with one attached hydrogen (secondary N) is 1. The first-order valence-corrected chi connectivity index (χ1v) is 7.07. The Balaban J connectivity index is 2.04. The van der Waals surface area contributed by atoms with Gasteiger partial charge in [0.1, 0.15) is 5.75 Å². The molecule has 0 fully saturated rings. The summed E-state index contributed by atoms with van der Waals surface area (Å²) in [5.41, 5.74) is 3.49. The van der Waals surface area contributed by atoms with E-state index in [1.165, 1.54) is 11.1 Å². The molecule has 0 aliphatic heterocycles. The van der Waals surface area contributed by atoms with E-state index in [-0.39, 0.29) is 0 Å². The maximum Gasteiger partial charge on any atom is 0.123 e. The maximum atomic E-state index is 5.41. The zero-order valence-electron chi connectivity index (χ0n) is 12.5. The van der Waals surface area contributed by atoms with E-state index >= 15 is 0 Å². The average molecular weight is 273 g/mol. The van der Waals surface area contributed by atoms with Crippen molar-refractivity contribution in [2.75, 3.05) is 13.7 Å². The highest BCUT2D eigenvalue weighted by Crippen LogP contribution is 2.20. The molecule has 2 aromatic rings. The second-order valence-electron chi connectivity index (χ2n) is 5.03. The molecular weight excluding hydrogens is 250 g/mol.